The number of carbonyl (C=O) groups excluding carboxylic acids is 1. The minimum atomic E-state index is -1.48. The van der Waals surface area contributed by atoms with Crippen molar-refractivity contribution in [1.82, 2.24) is 15.0 Å². The number of halogens is 1. The average molecular weight is 361 g/mol. The van der Waals surface area contributed by atoms with Gasteiger partial charge in [-0.1, -0.05) is 23.4 Å². The first kappa shape index (κ1) is 18.5. The van der Waals surface area contributed by atoms with Crippen molar-refractivity contribution in [2.45, 2.75) is 38.5 Å². The summed E-state index contributed by atoms with van der Waals surface area (Å²) in [7, 11) is 1.82. The third-order valence-corrected chi connectivity index (χ3v) is 4.66. The molecule has 1 saturated heterocycles. The molecule has 7 heteroatoms. The Morgan fingerprint density at radius 1 is 1.42 bits per heavy atom. The number of piperidine rings is 1. The van der Waals surface area contributed by atoms with Crippen LogP contribution < -0.4 is 0 Å². The van der Waals surface area contributed by atoms with Gasteiger partial charge >= 0.3 is 0 Å². The number of hydrogen-bond donors (Lipinski definition) is 1. The lowest BCUT2D eigenvalue weighted by Gasteiger charge is -2.40. The molecule has 1 aromatic carbocycles. The van der Waals surface area contributed by atoms with Gasteiger partial charge in [-0.15, -0.1) is 0 Å². The minimum absolute atomic E-state index is 0.166. The Morgan fingerprint density at radius 3 is 2.88 bits per heavy atom. The van der Waals surface area contributed by atoms with Crippen molar-refractivity contribution in [2.24, 2.45) is 0 Å². The van der Waals surface area contributed by atoms with Gasteiger partial charge < -0.3 is 14.5 Å². The van der Waals surface area contributed by atoms with Crippen LogP contribution in [0.4, 0.5) is 4.39 Å². The number of nitrogens with zero attached hydrogens (tertiary/aromatic N) is 3. The van der Waals surface area contributed by atoms with Crippen molar-refractivity contribution in [3.63, 3.8) is 0 Å². The molecule has 0 spiro atoms. The van der Waals surface area contributed by atoms with Gasteiger partial charge in [-0.05, 0) is 32.9 Å². The lowest BCUT2D eigenvalue weighted by Crippen LogP contribution is -2.57. The molecule has 3 rings (SSSR count). The molecule has 1 aliphatic heterocycles. The summed E-state index contributed by atoms with van der Waals surface area (Å²) < 4.78 is 19.1. The van der Waals surface area contributed by atoms with Crippen LogP contribution in [-0.2, 0) is 17.9 Å². The number of aromatic nitrogens is 1. The summed E-state index contributed by atoms with van der Waals surface area (Å²) in [5.41, 5.74) is -0.236. The van der Waals surface area contributed by atoms with Crippen molar-refractivity contribution in [2.75, 3.05) is 20.1 Å². The Kier molecular flexibility index (Phi) is 5.38. The predicted molar refractivity (Wildman–Crippen MR) is 93.6 cm³/mol. The monoisotopic (exact) mass is 361 g/mol. The van der Waals surface area contributed by atoms with E-state index in [2.05, 4.69) is 5.16 Å². The highest BCUT2D eigenvalue weighted by molar-refractivity contribution is 5.86. The molecule has 1 amide bonds. The number of likely N-dealkylation sites (tertiary alicyclic amines) is 1. The van der Waals surface area contributed by atoms with Gasteiger partial charge in [0.05, 0.1) is 12.2 Å². The summed E-state index contributed by atoms with van der Waals surface area (Å²) in [6.07, 6.45) is 1.06. The average Bonchev–Trinajstić information content (AvgIpc) is 2.98. The van der Waals surface area contributed by atoms with E-state index in [-0.39, 0.29) is 24.8 Å². The van der Waals surface area contributed by atoms with E-state index in [9.17, 15) is 14.3 Å². The number of hydrogen-bond acceptors (Lipinski definition) is 5. The van der Waals surface area contributed by atoms with Gasteiger partial charge in [-0.25, -0.2) is 4.39 Å². The molecule has 6 nitrogen and oxygen atoms in total. The highest BCUT2D eigenvalue weighted by Crippen LogP contribution is 2.26. The van der Waals surface area contributed by atoms with Crippen molar-refractivity contribution >= 4 is 5.91 Å². The molecule has 0 aliphatic carbocycles. The lowest BCUT2D eigenvalue weighted by molar-refractivity contribution is -0.160. The van der Waals surface area contributed by atoms with Crippen LogP contribution in [0.3, 0.4) is 0 Å². The molecular weight excluding hydrogens is 337 g/mol. The van der Waals surface area contributed by atoms with Crippen LogP contribution >= 0.6 is 0 Å². The van der Waals surface area contributed by atoms with Crippen molar-refractivity contribution in [3.8, 4) is 0 Å². The summed E-state index contributed by atoms with van der Waals surface area (Å²) in [6, 6.07) is 8.23. The zero-order valence-electron chi connectivity index (χ0n) is 15.1. The van der Waals surface area contributed by atoms with Gasteiger partial charge in [0, 0.05) is 31.3 Å². The van der Waals surface area contributed by atoms with Gasteiger partial charge in [0.15, 0.2) is 11.4 Å². The molecule has 2 heterocycles. The second-order valence-corrected chi connectivity index (χ2v) is 7.06. The molecule has 26 heavy (non-hydrogen) atoms. The Labute approximate surface area is 152 Å². The van der Waals surface area contributed by atoms with E-state index in [1.807, 2.05) is 24.9 Å². The smallest absolute Gasteiger partial charge is 0.256 e. The molecule has 0 radical (unpaired) electrons. The maximum Gasteiger partial charge on any atom is 0.256 e. The van der Waals surface area contributed by atoms with Crippen LogP contribution in [0.2, 0.25) is 0 Å². The van der Waals surface area contributed by atoms with Gasteiger partial charge in [-0.2, -0.15) is 0 Å². The van der Waals surface area contributed by atoms with Crippen molar-refractivity contribution < 1.29 is 18.8 Å². The minimum Gasteiger partial charge on any atom is -0.379 e. The van der Waals surface area contributed by atoms with E-state index in [0.717, 1.165) is 5.69 Å². The molecule has 1 N–H and O–H groups in total. The topological polar surface area (TPSA) is 69.8 Å². The first-order valence-corrected chi connectivity index (χ1v) is 8.73. The van der Waals surface area contributed by atoms with E-state index in [1.165, 1.54) is 11.0 Å². The molecule has 0 bridgehead atoms. The predicted octanol–water partition coefficient (Wildman–Crippen LogP) is 2.11. The summed E-state index contributed by atoms with van der Waals surface area (Å²) in [6.45, 7) is 3.15. The lowest BCUT2D eigenvalue weighted by atomic mass is 9.90. The van der Waals surface area contributed by atoms with Crippen LogP contribution in [0.5, 0.6) is 0 Å². The second kappa shape index (κ2) is 7.55. The Balaban J connectivity index is 1.66. The van der Waals surface area contributed by atoms with E-state index < -0.39 is 5.60 Å². The third-order valence-electron chi connectivity index (χ3n) is 4.66. The number of rotatable bonds is 6. The van der Waals surface area contributed by atoms with Crippen LogP contribution in [0.25, 0.3) is 0 Å². The highest BCUT2D eigenvalue weighted by atomic mass is 19.1. The largest absolute Gasteiger partial charge is 0.379 e. The first-order valence-electron chi connectivity index (χ1n) is 8.73. The highest BCUT2D eigenvalue weighted by Gasteiger charge is 2.43. The number of carbonyl (C=O) groups is 1. The fourth-order valence-corrected chi connectivity index (χ4v) is 3.45. The maximum atomic E-state index is 13.9. The summed E-state index contributed by atoms with van der Waals surface area (Å²) in [5, 5.41) is 14.8. The fourth-order valence-electron chi connectivity index (χ4n) is 3.45. The molecule has 0 saturated carbocycles. The summed E-state index contributed by atoms with van der Waals surface area (Å²) >= 11 is 0. The normalized spacial score (nSPS) is 20.8. The molecular formula is C19H24FN3O3. The van der Waals surface area contributed by atoms with E-state index in [0.29, 0.717) is 37.3 Å². The van der Waals surface area contributed by atoms with E-state index in [4.69, 9.17) is 4.52 Å². The zero-order valence-corrected chi connectivity index (χ0v) is 15.1. The molecule has 140 valence electrons. The Hall–Kier alpha value is -2.25. The number of benzene rings is 1. The van der Waals surface area contributed by atoms with Crippen molar-refractivity contribution in [3.05, 3.63) is 53.2 Å². The molecule has 1 aromatic heterocycles. The van der Waals surface area contributed by atoms with Crippen molar-refractivity contribution in [1.29, 1.82) is 0 Å². The number of aryl methyl sites for hydroxylation is 1. The quantitative estimate of drug-likeness (QED) is 0.853. The summed E-state index contributed by atoms with van der Waals surface area (Å²) in [5.74, 6) is -0.0140. The Bertz CT molecular complexity index is 779. The molecule has 1 fully saturated rings. The molecule has 1 aliphatic rings. The SMILES string of the molecule is Cc1cc(CN(C)CC2(O)CCCN(Cc3ccccc3F)C2=O)on1. The van der Waals surface area contributed by atoms with Crippen LogP contribution in [0.1, 0.15) is 29.9 Å². The number of amides is 1. The summed E-state index contributed by atoms with van der Waals surface area (Å²) in [4.78, 5) is 16.2. The van der Waals surface area contributed by atoms with E-state index in [1.54, 1.807) is 18.2 Å². The molecule has 2 aromatic rings. The molecule has 1 unspecified atom stereocenters. The van der Waals surface area contributed by atoms with Gasteiger partial charge in [0.2, 0.25) is 0 Å². The number of aliphatic hydroxyl groups is 1. The second-order valence-electron chi connectivity index (χ2n) is 7.06. The first-order chi connectivity index (χ1) is 12.4. The van der Waals surface area contributed by atoms with Gasteiger partial charge in [0.25, 0.3) is 5.91 Å². The van der Waals surface area contributed by atoms with Crippen LogP contribution in [0, 0.1) is 12.7 Å². The standard InChI is InChI=1S/C19H24FN3O3/c1-14-10-16(26-21-14)12-22(2)13-19(25)8-5-9-23(18(19)24)11-15-6-3-4-7-17(15)20/h3-4,6-7,10,25H,5,8-9,11-13H2,1-2H3. The van der Waals surface area contributed by atoms with Crippen LogP contribution in [-0.4, -0.2) is 51.7 Å². The van der Waals surface area contributed by atoms with E-state index >= 15 is 0 Å². The maximum absolute atomic E-state index is 13.9. The third kappa shape index (κ3) is 4.11. The van der Waals surface area contributed by atoms with Crippen LogP contribution in [0.15, 0.2) is 34.9 Å². The zero-order chi connectivity index (χ0) is 18.7. The van der Waals surface area contributed by atoms with Gasteiger partial charge in [0.1, 0.15) is 5.82 Å². The Morgan fingerprint density at radius 2 is 2.19 bits per heavy atom. The number of likely N-dealkylation sites (N-methyl/N-ethyl adjacent to an activating group) is 1. The molecule has 1 atom stereocenters. The fraction of sp³-hybridized carbons (Fsp3) is 0.474. The van der Waals surface area contributed by atoms with Gasteiger partial charge in [-0.3, -0.25) is 9.69 Å².